The Bertz CT molecular complexity index is 1040. The quantitative estimate of drug-likeness (QED) is 0.669. The highest BCUT2D eigenvalue weighted by molar-refractivity contribution is 7.88. The van der Waals surface area contributed by atoms with E-state index in [1.165, 1.54) is 6.07 Å². The van der Waals surface area contributed by atoms with E-state index in [0.29, 0.717) is 17.9 Å². The maximum absolute atomic E-state index is 13.9. The van der Waals surface area contributed by atoms with Gasteiger partial charge >= 0.3 is 0 Å². The van der Waals surface area contributed by atoms with Gasteiger partial charge in [-0.1, -0.05) is 42.0 Å². The Morgan fingerprint density at radius 2 is 1.89 bits per heavy atom. The Balaban J connectivity index is 1.63. The van der Waals surface area contributed by atoms with Gasteiger partial charge in [-0.05, 0) is 31.5 Å². The van der Waals surface area contributed by atoms with Crippen molar-refractivity contribution in [1.82, 2.24) is 9.71 Å². The van der Waals surface area contributed by atoms with Gasteiger partial charge in [0, 0.05) is 13.0 Å². The zero-order chi connectivity index (χ0) is 19.4. The molecule has 0 saturated heterocycles. The predicted molar refractivity (Wildman–Crippen MR) is 102 cm³/mol. The summed E-state index contributed by atoms with van der Waals surface area (Å²) >= 11 is 0. The van der Waals surface area contributed by atoms with Crippen molar-refractivity contribution in [3.63, 3.8) is 0 Å². The Morgan fingerprint density at radius 3 is 2.63 bits per heavy atom. The second-order valence-electron chi connectivity index (χ2n) is 6.39. The molecule has 142 valence electrons. The number of nitrogens with zero attached hydrogens (tertiary/aromatic N) is 1. The van der Waals surface area contributed by atoms with E-state index < -0.39 is 15.8 Å². The fourth-order valence-corrected chi connectivity index (χ4v) is 3.94. The minimum Gasteiger partial charge on any atom is -0.441 e. The molecule has 0 atom stereocenters. The molecule has 2 aromatic carbocycles. The van der Waals surface area contributed by atoms with Crippen molar-refractivity contribution in [3.8, 4) is 11.5 Å². The Morgan fingerprint density at radius 1 is 1.11 bits per heavy atom. The number of hydrogen-bond acceptors (Lipinski definition) is 4. The highest BCUT2D eigenvalue weighted by Gasteiger charge is 2.16. The van der Waals surface area contributed by atoms with Crippen molar-refractivity contribution in [1.29, 1.82) is 0 Å². The summed E-state index contributed by atoms with van der Waals surface area (Å²) in [5.74, 6) is 0.256. The number of aryl methyl sites for hydroxylation is 2. The average Bonchev–Trinajstić information content (AvgIpc) is 2.95. The number of oxazole rings is 1. The Labute approximate surface area is 158 Å². The van der Waals surface area contributed by atoms with Gasteiger partial charge in [-0.25, -0.2) is 22.5 Å². The van der Waals surface area contributed by atoms with Gasteiger partial charge in [0.05, 0.1) is 17.0 Å². The van der Waals surface area contributed by atoms with Crippen molar-refractivity contribution >= 4 is 10.0 Å². The first kappa shape index (κ1) is 19.3. The fourth-order valence-electron chi connectivity index (χ4n) is 2.81. The topological polar surface area (TPSA) is 72.2 Å². The molecule has 1 aromatic heterocycles. The van der Waals surface area contributed by atoms with E-state index in [2.05, 4.69) is 9.71 Å². The van der Waals surface area contributed by atoms with Crippen LogP contribution < -0.4 is 4.72 Å². The van der Waals surface area contributed by atoms with E-state index in [1.807, 2.05) is 25.1 Å². The molecule has 7 heteroatoms. The molecule has 0 aliphatic rings. The lowest BCUT2D eigenvalue weighted by Gasteiger charge is -2.07. The lowest BCUT2D eigenvalue weighted by molar-refractivity contribution is 0.531. The number of nitrogens with one attached hydrogen (secondary N) is 1. The Hall–Kier alpha value is -2.51. The average molecular weight is 388 g/mol. The lowest BCUT2D eigenvalue weighted by Crippen LogP contribution is -2.27. The van der Waals surface area contributed by atoms with Gasteiger partial charge in [0.2, 0.25) is 15.9 Å². The van der Waals surface area contributed by atoms with Crippen LogP contribution in [0.15, 0.2) is 52.9 Å². The third-order valence-electron chi connectivity index (χ3n) is 4.12. The first-order valence-electron chi connectivity index (χ1n) is 8.58. The van der Waals surface area contributed by atoms with Crippen molar-refractivity contribution in [3.05, 3.63) is 76.9 Å². The van der Waals surface area contributed by atoms with Crippen molar-refractivity contribution in [2.24, 2.45) is 0 Å². The van der Waals surface area contributed by atoms with Gasteiger partial charge in [0.15, 0.2) is 0 Å². The van der Waals surface area contributed by atoms with E-state index in [-0.39, 0.29) is 23.8 Å². The van der Waals surface area contributed by atoms with Gasteiger partial charge < -0.3 is 4.42 Å². The maximum atomic E-state index is 13.9. The van der Waals surface area contributed by atoms with Crippen molar-refractivity contribution in [2.45, 2.75) is 26.0 Å². The minimum atomic E-state index is -3.45. The smallest absolute Gasteiger partial charge is 0.229 e. The first-order chi connectivity index (χ1) is 12.8. The molecule has 0 spiro atoms. The van der Waals surface area contributed by atoms with Gasteiger partial charge in [0.1, 0.15) is 11.6 Å². The molecule has 0 amide bonds. The van der Waals surface area contributed by atoms with Gasteiger partial charge in [-0.2, -0.15) is 0 Å². The predicted octanol–water partition coefficient (Wildman–Crippen LogP) is 3.76. The zero-order valence-corrected chi connectivity index (χ0v) is 16.0. The number of halogens is 1. The molecular weight excluding hydrogens is 367 g/mol. The summed E-state index contributed by atoms with van der Waals surface area (Å²) < 4.78 is 46.5. The molecule has 0 saturated carbocycles. The number of sulfonamides is 1. The summed E-state index contributed by atoms with van der Waals surface area (Å²) in [6.45, 7) is 3.84. The third-order valence-corrected chi connectivity index (χ3v) is 5.48. The van der Waals surface area contributed by atoms with E-state index in [4.69, 9.17) is 4.42 Å². The van der Waals surface area contributed by atoms with Crippen LogP contribution in [-0.4, -0.2) is 19.9 Å². The van der Waals surface area contributed by atoms with Crippen molar-refractivity contribution in [2.75, 3.05) is 6.54 Å². The van der Waals surface area contributed by atoms with Crippen LogP contribution in [0.25, 0.3) is 11.5 Å². The summed E-state index contributed by atoms with van der Waals surface area (Å²) in [7, 11) is -3.45. The standard InChI is InChI=1S/C20H21FN2O3S/c1-14-6-5-7-16(12-14)13-27(24,25)22-11-10-19-15(2)26-20(23-19)17-8-3-4-9-18(17)21/h3-9,12,22H,10-11,13H2,1-2H3. The van der Waals surface area contributed by atoms with Crippen LogP contribution in [0.4, 0.5) is 4.39 Å². The van der Waals surface area contributed by atoms with E-state index >= 15 is 0 Å². The molecule has 1 N–H and O–H groups in total. The summed E-state index contributed by atoms with van der Waals surface area (Å²) in [6.07, 6.45) is 0.358. The molecule has 1 heterocycles. The van der Waals surface area contributed by atoms with Crippen LogP contribution in [0, 0.1) is 19.7 Å². The Kier molecular flexibility index (Phi) is 5.72. The molecule has 0 aliphatic heterocycles. The highest BCUT2D eigenvalue weighted by atomic mass is 32.2. The molecular formula is C20H21FN2O3S. The largest absolute Gasteiger partial charge is 0.441 e. The molecule has 0 radical (unpaired) electrons. The molecule has 3 rings (SSSR count). The molecule has 27 heavy (non-hydrogen) atoms. The monoisotopic (exact) mass is 388 g/mol. The lowest BCUT2D eigenvalue weighted by atomic mass is 10.2. The first-order valence-corrected chi connectivity index (χ1v) is 10.2. The summed E-state index contributed by atoms with van der Waals surface area (Å²) in [6, 6.07) is 13.6. The molecule has 0 fully saturated rings. The van der Waals surface area contributed by atoms with Crippen LogP contribution >= 0.6 is 0 Å². The van der Waals surface area contributed by atoms with Crippen LogP contribution in [0.2, 0.25) is 0 Å². The van der Waals surface area contributed by atoms with Crippen LogP contribution in [0.3, 0.4) is 0 Å². The van der Waals surface area contributed by atoms with Crippen LogP contribution in [0.5, 0.6) is 0 Å². The third kappa shape index (κ3) is 5.02. The van der Waals surface area contributed by atoms with Gasteiger partial charge in [-0.15, -0.1) is 0 Å². The normalized spacial score (nSPS) is 11.7. The highest BCUT2D eigenvalue weighted by Crippen LogP contribution is 2.24. The summed E-state index contributed by atoms with van der Waals surface area (Å²) in [5.41, 5.74) is 2.64. The second kappa shape index (κ2) is 8.02. The van der Waals surface area contributed by atoms with Gasteiger partial charge in [-0.3, -0.25) is 0 Å². The summed E-state index contributed by atoms with van der Waals surface area (Å²) in [4.78, 5) is 4.31. The number of rotatable bonds is 7. The number of benzene rings is 2. The fraction of sp³-hybridized carbons (Fsp3) is 0.250. The maximum Gasteiger partial charge on any atom is 0.229 e. The second-order valence-corrected chi connectivity index (χ2v) is 8.20. The molecule has 5 nitrogen and oxygen atoms in total. The molecule has 0 aliphatic carbocycles. The van der Waals surface area contributed by atoms with Crippen LogP contribution in [-0.2, 0) is 22.2 Å². The van der Waals surface area contributed by atoms with E-state index in [9.17, 15) is 12.8 Å². The van der Waals surface area contributed by atoms with E-state index in [1.54, 1.807) is 31.2 Å². The molecule has 3 aromatic rings. The number of hydrogen-bond donors (Lipinski definition) is 1. The van der Waals surface area contributed by atoms with E-state index in [0.717, 1.165) is 11.1 Å². The van der Waals surface area contributed by atoms with Crippen LogP contribution in [0.1, 0.15) is 22.6 Å². The van der Waals surface area contributed by atoms with Gasteiger partial charge in [0.25, 0.3) is 0 Å². The minimum absolute atomic E-state index is 0.0764. The molecule has 0 unspecified atom stereocenters. The summed E-state index contributed by atoms with van der Waals surface area (Å²) in [5, 5.41) is 0. The number of aromatic nitrogens is 1. The SMILES string of the molecule is Cc1cccc(CS(=O)(=O)NCCc2nc(-c3ccccc3F)oc2C)c1. The molecule has 0 bridgehead atoms. The zero-order valence-electron chi connectivity index (χ0n) is 15.2. The van der Waals surface area contributed by atoms with Crippen molar-refractivity contribution < 1.29 is 17.2 Å².